The van der Waals surface area contributed by atoms with Crippen molar-refractivity contribution in [3.63, 3.8) is 0 Å². The molecule has 0 radical (unpaired) electrons. The van der Waals surface area contributed by atoms with Gasteiger partial charge in [0.1, 0.15) is 11.6 Å². The van der Waals surface area contributed by atoms with Gasteiger partial charge in [0.05, 0.1) is 19.0 Å². The first-order valence-corrected chi connectivity index (χ1v) is 11.9. The molecular formula is C29H27FN4O2. The fourth-order valence-corrected chi connectivity index (χ4v) is 4.37. The highest BCUT2D eigenvalue weighted by Gasteiger charge is 2.15. The molecule has 7 heteroatoms. The van der Waals surface area contributed by atoms with E-state index < -0.39 is 0 Å². The monoisotopic (exact) mass is 482 g/mol. The number of benzene rings is 3. The van der Waals surface area contributed by atoms with Crippen LogP contribution >= 0.6 is 0 Å². The first-order chi connectivity index (χ1) is 17.6. The maximum Gasteiger partial charge on any atom is 0.220 e. The smallest absolute Gasteiger partial charge is 0.220 e. The number of rotatable bonds is 9. The second-order valence-corrected chi connectivity index (χ2v) is 8.63. The second-order valence-electron chi connectivity index (χ2n) is 8.63. The molecule has 0 fully saturated rings. The first kappa shape index (κ1) is 23.4. The number of aromatic nitrogens is 3. The third-order valence-electron chi connectivity index (χ3n) is 6.24. The molecule has 6 nitrogen and oxygen atoms in total. The number of nitrogens with zero attached hydrogens (tertiary/aromatic N) is 2. The van der Waals surface area contributed by atoms with Crippen molar-refractivity contribution in [1.82, 2.24) is 20.1 Å². The Bertz CT molecular complexity index is 1470. The van der Waals surface area contributed by atoms with Crippen molar-refractivity contribution >= 4 is 16.8 Å². The van der Waals surface area contributed by atoms with Gasteiger partial charge in [-0.05, 0) is 84.1 Å². The summed E-state index contributed by atoms with van der Waals surface area (Å²) in [6, 6.07) is 22.3. The average Bonchev–Trinajstić information content (AvgIpc) is 3.53. The quantitative estimate of drug-likeness (QED) is 0.293. The van der Waals surface area contributed by atoms with Gasteiger partial charge in [0.15, 0.2) is 0 Å². The summed E-state index contributed by atoms with van der Waals surface area (Å²) in [6.07, 6.45) is 5.27. The van der Waals surface area contributed by atoms with Crippen molar-refractivity contribution in [2.75, 3.05) is 13.7 Å². The Balaban J connectivity index is 1.24. The van der Waals surface area contributed by atoms with E-state index in [1.165, 1.54) is 12.1 Å². The van der Waals surface area contributed by atoms with Crippen LogP contribution in [-0.4, -0.2) is 34.3 Å². The highest BCUT2D eigenvalue weighted by molar-refractivity contribution is 5.91. The predicted molar refractivity (Wildman–Crippen MR) is 139 cm³/mol. The zero-order valence-electron chi connectivity index (χ0n) is 20.0. The van der Waals surface area contributed by atoms with Crippen molar-refractivity contribution in [3.8, 4) is 22.7 Å². The lowest BCUT2D eigenvalue weighted by Crippen LogP contribution is -2.25. The Kier molecular flexibility index (Phi) is 6.80. The van der Waals surface area contributed by atoms with Gasteiger partial charge in [0, 0.05) is 35.8 Å². The fraction of sp³-hybridized carbons (Fsp3) is 0.172. The zero-order valence-corrected chi connectivity index (χ0v) is 20.0. The molecule has 36 heavy (non-hydrogen) atoms. The van der Waals surface area contributed by atoms with Crippen molar-refractivity contribution in [2.24, 2.45) is 0 Å². The number of hydrogen-bond acceptors (Lipinski definition) is 3. The number of amides is 1. The highest BCUT2D eigenvalue weighted by Crippen LogP contribution is 2.32. The number of hydrogen-bond donors (Lipinski definition) is 2. The van der Waals surface area contributed by atoms with E-state index >= 15 is 0 Å². The van der Waals surface area contributed by atoms with E-state index in [-0.39, 0.29) is 11.7 Å². The maximum atomic E-state index is 14.0. The van der Waals surface area contributed by atoms with E-state index in [1.54, 1.807) is 13.2 Å². The van der Waals surface area contributed by atoms with Crippen molar-refractivity contribution < 1.29 is 13.9 Å². The summed E-state index contributed by atoms with van der Waals surface area (Å²) in [5.41, 5.74) is 5.66. The minimum atomic E-state index is -0.301. The number of ether oxygens (including phenoxy) is 1. The van der Waals surface area contributed by atoms with Crippen molar-refractivity contribution in [1.29, 1.82) is 0 Å². The van der Waals surface area contributed by atoms with Crippen molar-refractivity contribution in [2.45, 2.75) is 19.3 Å². The third kappa shape index (κ3) is 5.15. The SMILES string of the molecule is COc1ccc(-c2[nH]c3ccc(F)cc3c2CCC(=O)NCCc2cnn(-c3ccccc3)c2)cc1. The molecule has 0 aliphatic heterocycles. The Morgan fingerprint density at radius 2 is 1.86 bits per heavy atom. The molecule has 0 saturated heterocycles. The average molecular weight is 483 g/mol. The minimum absolute atomic E-state index is 0.0446. The molecule has 3 aromatic carbocycles. The third-order valence-corrected chi connectivity index (χ3v) is 6.24. The topological polar surface area (TPSA) is 71.9 Å². The number of aromatic amines is 1. The van der Waals surface area contributed by atoms with Crippen LogP contribution < -0.4 is 10.1 Å². The molecule has 0 atom stereocenters. The number of H-pyrrole nitrogens is 1. The molecule has 2 aromatic heterocycles. The molecule has 0 spiro atoms. The molecule has 2 heterocycles. The lowest BCUT2D eigenvalue weighted by atomic mass is 10.0. The molecule has 0 aliphatic carbocycles. The largest absolute Gasteiger partial charge is 0.497 e. The maximum absolute atomic E-state index is 14.0. The number of para-hydroxylation sites is 1. The minimum Gasteiger partial charge on any atom is -0.497 e. The van der Waals surface area contributed by atoms with Crippen LogP contribution in [0.4, 0.5) is 4.39 Å². The van der Waals surface area contributed by atoms with E-state index in [2.05, 4.69) is 15.4 Å². The lowest BCUT2D eigenvalue weighted by Gasteiger charge is -2.08. The molecule has 0 saturated carbocycles. The number of methoxy groups -OCH3 is 1. The van der Waals surface area contributed by atoms with Crippen LogP contribution in [-0.2, 0) is 17.6 Å². The molecule has 2 N–H and O–H groups in total. The van der Waals surface area contributed by atoms with Gasteiger partial charge in [-0.1, -0.05) is 18.2 Å². The molecule has 0 bridgehead atoms. The number of halogens is 1. The van der Waals surface area contributed by atoms with Gasteiger partial charge < -0.3 is 15.0 Å². The Hall–Kier alpha value is -4.39. The summed E-state index contributed by atoms with van der Waals surface area (Å²) >= 11 is 0. The molecule has 0 aliphatic rings. The molecular weight excluding hydrogens is 455 g/mol. The van der Waals surface area contributed by atoms with Gasteiger partial charge in [0.25, 0.3) is 0 Å². The van der Waals surface area contributed by atoms with Crippen LogP contribution in [0.2, 0.25) is 0 Å². The molecule has 0 unspecified atom stereocenters. The fourth-order valence-electron chi connectivity index (χ4n) is 4.37. The number of carbonyl (C=O) groups excluding carboxylic acids is 1. The van der Waals surface area contributed by atoms with Crippen LogP contribution in [0.15, 0.2) is 85.2 Å². The van der Waals surface area contributed by atoms with Gasteiger partial charge in [-0.2, -0.15) is 5.10 Å². The standard InChI is InChI=1S/C29H27FN4O2/c1-36-24-10-7-21(8-11-24)29-25(26-17-22(30)9-13-27(26)33-29)12-14-28(35)31-16-15-20-18-32-34(19-20)23-5-3-2-4-6-23/h2-11,13,17-19,33H,12,14-16H2,1H3,(H,31,35). The van der Waals surface area contributed by atoms with Gasteiger partial charge in [-0.25, -0.2) is 9.07 Å². The molecule has 1 amide bonds. The molecule has 182 valence electrons. The summed E-state index contributed by atoms with van der Waals surface area (Å²) in [7, 11) is 1.63. The van der Waals surface area contributed by atoms with Crippen LogP contribution in [0.5, 0.6) is 5.75 Å². The second kappa shape index (κ2) is 10.5. The number of fused-ring (bicyclic) bond motifs is 1. The lowest BCUT2D eigenvalue weighted by molar-refractivity contribution is -0.121. The van der Waals surface area contributed by atoms with E-state index in [0.717, 1.165) is 44.7 Å². The number of nitrogens with one attached hydrogen (secondary N) is 2. The van der Waals surface area contributed by atoms with Gasteiger partial charge >= 0.3 is 0 Å². The van der Waals surface area contributed by atoms with Gasteiger partial charge in [0.2, 0.25) is 5.91 Å². The van der Waals surface area contributed by atoms with Gasteiger partial charge in [-0.3, -0.25) is 4.79 Å². The van der Waals surface area contributed by atoms with E-state index in [4.69, 9.17) is 4.74 Å². The Morgan fingerprint density at radius 3 is 2.64 bits per heavy atom. The normalized spacial score (nSPS) is 11.1. The van der Waals surface area contributed by atoms with Crippen molar-refractivity contribution in [3.05, 3.63) is 102 Å². The van der Waals surface area contributed by atoms with Crippen LogP contribution in [0, 0.1) is 5.82 Å². The zero-order chi connectivity index (χ0) is 24.9. The van der Waals surface area contributed by atoms with Crippen LogP contribution in [0.25, 0.3) is 27.8 Å². The predicted octanol–water partition coefficient (Wildman–Crippen LogP) is 5.46. The molecule has 5 aromatic rings. The number of aryl methyl sites for hydroxylation is 1. The summed E-state index contributed by atoms with van der Waals surface area (Å²) < 4.78 is 21.1. The summed E-state index contributed by atoms with van der Waals surface area (Å²) in [5, 5.41) is 8.19. The Labute approximate surface area is 208 Å². The summed E-state index contributed by atoms with van der Waals surface area (Å²) in [4.78, 5) is 16.1. The summed E-state index contributed by atoms with van der Waals surface area (Å²) in [5.74, 6) is 0.414. The highest BCUT2D eigenvalue weighted by atomic mass is 19.1. The molecule has 5 rings (SSSR count). The Morgan fingerprint density at radius 1 is 1.06 bits per heavy atom. The van der Waals surface area contributed by atoms with E-state index in [9.17, 15) is 9.18 Å². The first-order valence-electron chi connectivity index (χ1n) is 11.9. The van der Waals surface area contributed by atoms with E-state index in [0.29, 0.717) is 25.8 Å². The summed E-state index contributed by atoms with van der Waals surface area (Å²) in [6.45, 7) is 0.521. The van der Waals surface area contributed by atoms with Crippen LogP contribution in [0.1, 0.15) is 17.5 Å². The number of carbonyl (C=O) groups is 1. The van der Waals surface area contributed by atoms with Gasteiger partial charge in [-0.15, -0.1) is 0 Å². The van der Waals surface area contributed by atoms with Crippen LogP contribution in [0.3, 0.4) is 0 Å². The van der Waals surface area contributed by atoms with E-state index in [1.807, 2.05) is 71.7 Å².